The quantitative estimate of drug-likeness (QED) is 0.728. The number of morpholine rings is 1. The van der Waals surface area contributed by atoms with Crippen molar-refractivity contribution in [2.75, 3.05) is 19.8 Å². The fraction of sp³-hybridized carbons (Fsp3) is 0.500. The first-order valence-corrected chi connectivity index (χ1v) is 5.80. The van der Waals surface area contributed by atoms with Gasteiger partial charge in [0.25, 0.3) is 0 Å². The van der Waals surface area contributed by atoms with Gasteiger partial charge in [-0.25, -0.2) is 0 Å². The van der Waals surface area contributed by atoms with E-state index in [2.05, 4.69) is 17.4 Å². The number of nitrogens with one attached hydrogen (secondary N) is 1. The molecule has 3 heteroatoms. The number of ether oxygens (including phenoxy) is 1. The molecule has 0 radical (unpaired) electrons. The van der Waals surface area contributed by atoms with Crippen molar-refractivity contribution in [2.45, 2.75) is 18.4 Å². The standard InChI is InChI=1S/C12H14ClNO/c13-10-2-1-9-3-4-12(11(9)7-10)8-15-6-5-14-12/h1-2,7,14H,3-6,8H2/t12-/m0/s1. The maximum atomic E-state index is 6.06. The monoisotopic (exact) mass is 223 g/mol. The molecule has 1 spiro atoms. The van der Waals surface area contributed by atoms with E-state index in [9.17, 15) is 0 Å². The Bertz CT molecular complexity index is 380. The zero-order valence-electron chi connectivity index (χ0n) is 8.55. The smallest absolute Gasteiger partial charge is 0.0691 e. The second kappa shape index (κ2) is 3.48. The van der Waals surface area contributed by atoms with E-state index in [1.807, 2.05) is 6.07 Å². The van der Waals surface area contributed by atoms with Crippen LogP contribution >= 0.6 is 11.6 Å². The van der Waals surface area contributed by atoms with Gasteiger partial charge in [0, 0.05) is 11.6 Å². The van der Waals surface area contributed by atoms with E-state index in [0.717, 1.165) is 37.6 Å². The molecule has 0 bridgehead atoms. The van der Waals surface area contributed by atoms with Crippen LogP contribution in [0.25, 0.3) is 0 Å². The van der Waals surface area contributed by atoms with Crippen molar-refractivity contribution >= 4 is 11.6 Å². The average Bonchev–Trinajstić information content (AvgIpc) is 2.59. The van der Waals surface area contributed by atoms with E-state index in [1.54, 1.807) is 0 Å². The van der Waals surface area contributed by atoms with Gasteiger partial charge in [0.15, 0.2) is 0 Å². The van der Waals surface area contributed by atoms with Crippen molar-refractivity contribution < 1.29 is 4.74 Å². The van der Waals surface area contributed by atoms with Gasteiger partial charge in [-0.15, -0.1) is 0 Å². The van der Waals surface area contributed by atoms with Gasteiger partial charge in [0.05, 0.1) is 18.8 Å². The van der Waals surface area contributed by atoms with Gasteiger partial charge in [-0.05, 0) is 36.1 Å². The largest absolute Gasteiger partial charge is 0.378 e. The maximum absolute atomic E-state index is 6.06. The van der Waals surface area contributed by atoms with Crippen LogP contribution in [0.1, 0.15) is 17.5 Å². The predicted molar refractivity (Wildman–Crippen MR) is 60.3 cm³/mol. The minimum Gasteiger partial charge on any atom is -0.378 e. The molecule has 0 saturated carbocycles. The highest BCUT2D eigenvalue weighted by molar-refractivity contribution is 6.30. The normalized spacial score (nSPS) is 29.4. The lowest BCUT2D eigenvalue weighted by Gasteiger charge is -2.35. The van der Waals surface area contributed by atoms with Crippen molar-refractivity contribution in [1.29, 1.82) is 0 Å². The first kappa shape index (κ1) is 9.64. The Kier molecular flexibility index (Phi) is 2.23. The van der Waals surface area contributed by atoms with E-state index in [4.69, 9.17) is 16.3 Å². The Morgan fingerprint density at radius 3 is 3.13 bits per heavy atom. The van der Waals surface area contributed by atoms with Gasteiger partial charge in [0.2, 0.25) is 0 Å². The Hall–Kier alpha value is -0.570. The molecule has 1 aliphatic heterocycles. The molecule has 0 amide bonds. The summed E-state index contributed by atoms with van der Waals surface area (Å²) in [4.78, 5) is 0. The third-order valence-electron chi connectivity index (χ3n) is 3.47. The molecule has 15 heavy (non-hydrogen) atoms. The predicted octanol–water partition coefficient (Wildman–Crippen LogP) is 2.10. The van der Waals surface area contributed by atoms with E-state index < -0.39 is 0 Å². The van der Waals surface area contributed by atoms with Crippen LogP contribution < -0.4 is 5.32 Å². The van der Waals surface area contributed by atoms with E-state index >= 15 is 0 Å². The number of hydrogen-bond acceptors (Lipinski definition) is 2. The van der Waals surface area contributed by atoms with Gasteiger partial charge in [-0.1, -0.05) is 17.7 Å². The van der Waals surface area contributed by atoms with Crippen LogP contribution in [-0.2, 0) is 16.7 Å². The summed E-state index contributed by atoms with van der Waals surface area (Å²) in [6.45, 7) is 2.53. The molecule has 1 fully saturated rings. The summed E-state index contributed by atoms with van der Waals surface area (Å²) in [5.74, 6) is 0. The van der Waals surface area contributed by atoms with Crippen LogP contribution in [0.5, 0.6) is 0 Å². The molecule has 1 N–H and O–H groups in total. The molecule has 0 aromatic heterocycles. The maximum Gasteiger partial charge on any atom is 0.0691 e. The number of halogens is 1. The zero-order valence-corrected chi connectivity index (χ0v) is 9.31. The number of hydrogen-bond donors (Lipinski definition) is 1. The Balaban J connectivity index is 2.05. The Morgan fingerprint density at radius 2 is 2.33 bits per heavy atom. The fourth-order valence-electron chi connectivity index (χ4n) is 2.69. The summed E-state index contributed by atoms with van der Waals surface area (Å²) < 4.78 is 5.60. The van der Waals surface area contributed by atoms with Crippen molar-refractivity contribution in [2.24, 2.45) is 0 Å². The van der Waals surface area contributed by atoms with Crippen LogP contribution in [0.4, 0.5) is 0 Å². The first-order chi connectivity index (χ1) is 7.30. The highest BCUT2D eigenvalue weighted by Crippen LogP contribution is 2.39. The summed E-state index contributed by atoms with van der Waals surface area (Å²) >= 11 is 6.06. The highest BCUT2D eigenvalue weighted by Gasteiger charge is 2.40. The van der Waals surface area contributed by atoms with Crippen LogP contribution in [0.15, 0.2) is 18.2 Å². The van der Waals surface area contributed by atoms with Gasteiger partial charge in [0.1, 0.15) is 0 Å². The highest BCUT2D eigenvalue weighted by atomic mass is 35.5. The molecule has 3 rings (SSSR count). The molecule has 2 aliphatic rings. The number of aryl methyl sites for hydroxylation is 1. The average molecular weight is 224 g/mol. The van der Waals surface area contributed by atoms with Crippen molar-refractivity contribution in [3.8, 4) is 0 Å². The lowest BCUT2D eigenvalue weighted by molar-refractivity contribution is 0.0260. The van der Waals surface area contributed by atoms with Gasteiger partial charge in [-0.2, -0.15) is 0 Å². The van der Waals surface area contributed by atoms with Crippen LogP contribution in [0.3, 0.4) is 0 Å². The lowest BCUT2D eigenvalue weighted by Crippen LogP contribution is -2.50. The molecule has 1 saturated heterocycles. The number of fused-ring (bicyclic) bond motifs is 2. The lowest BCUT2D eigenvalue weighted by atomic mass is 9.92. The molecular formula is C12H14ClNO. The molecule has 1 aliphatic carbocycles. The zero-order chi connectivity index (χ0) is 10.3. The summed E-state index contributed by atoms with van der Waals surface area (Å²) in [5.41, 5.74) is 2.80. The van der Waals surface area contributed by atoms with Crippen molar-refractivity contribution in [3.63, 3.8) is 0 Å². The summed E-state index contributed by atoms with van der Waals surface area (Å²) in [7, 11) is 0. The molecule has 1 aromatic rings. The van der Waals surface area contributed by atoms with Crippen molar-refractivity contribution in [1.82, 2.24) is 5.32 Å². The molecule has 1 heterocycles. The molecule has 80 valence electrons. The third kappa shape index (κ3) is 1.48. The van der Waals surface area contributed by atoms with E-state index in [1.165, 1.54) is 11.1 Å². The first-order valence-electron chi connectivity index (χ1n) is 5.42. The number of rotatable bonds is 0. The Morgan fingerprint density at radius 1 is 1.40 bits per heavy atom. The second-order valence-electron chi connectivity index (χ2n) is 4.36. The minimum atomic E-state index is 0.0402. The SMILES string of the molecule is Clc1ccc2c(c1)[C@]1(CC2)COCCN1. The van der Waals surface area contributed by atoms with Crippen LogP contribution in [-0.4, -0.2) is 19.8 Å². The molecular weight excluding hydrogens is 210 g/mol. The minimum absolute atomic E-state index is 0.0402. The van der Waals surface area contributed by atoms with E-state index in [-0.39, 0.29) is 5.54 Å². The topological polar surface area (TPSA) is 21.3 Å². The van der Waals surface area contributed by atoms with Gasteiger partial charge < -0.3 is 10.1 Å². The van der Waals surface area contributed by atoms with Gasteiger partial charge >= 0.3 is 0 Å². The van der Waals surface area contributed by atoms with Crippen LogP contribution in [0, 0.1) is 0 Å². The Labute approximate surface area is 94.6 Å². The molecule has 0 unspecified atom stereocenters. The van der Waals surface area contributed by atoms with Crippen molar-refractivity contribution in [3.05, 3.63) is 34.3 Å². The molecule has 1 atom stereocenters. The third-order valence-corrected chi connectivity index (χ3v) is 3.70. The molecule has 1 aromatic carbocycles. The summed E-state index contributed by atoms with van der Waals surface area (Å²) in [6.07, 6.45) is 2.26. The number of benzene rings is 1. The summed E-state index contributed by atoms with van der Waals surface area (Å²) in [6, 6.07) is 6.21. The summed E-state index contributed by atoms with van der Waals surface area (Å²) in [5, 5.41) is 4.42. The molecule has 2 nitrogen and oxygen atoms in total. The fourth-order valence-corrected chi connectivity index (χ4v) is 2.86. The van der Waals surface area contributed by atoms with Gasteiger partial charge in [-0.3, -0.25) is 0 Å². The van der Waals surface area contributed by atoms with Crippen LogP contribution in [0.2, 0.25) is 5.02 Å². The van der Waals surface area contributed by atoms with E-state index in [0.29, 0.717) is 0 Å². The second-order valence-corrected chi connectivity index (χ2v) is 4.80.